The summed E-state index contributed by atoms with van der Waals surface area (Å²) in [6, 6.07) is 19.7. The van der Waals surface area contributed by atoms with Crippen molar-refractivity contribution in [2.24, 2.45) is 0 Å². The van der Waals surface area contributed by atoms with Gasteiger partial charge in [0.1, 0.15) is 0 Å². The van der Waals surface area contributed by atoms with Gasteiger partial charge in [-0.1, -0.05) is 54.4 Å². The van der Waals surface area contributed by atoms with E-state index in [0.717, 1.165) is 0 Å². The Bertz CT molecular complexity index is 663. The van der Waals surface area contributed by atoms with Crippen molar-refractivity contribution in [2.75, 3.05) is 0 Å². The SMILES string of the molecule is Cc1cc(-c2ccccc2)c2cc(C)[cH-]c2c1.[Zr]. The van der Waals surface area contributed by atoms with Gasteiger partial charge in [-0.05, 0) is 12.5 Å². The second kappa shape index (κ2) is 5.28. The van der Waals surface area contributed by atoms with Gasteiger partial charge in [-0.3, -0.25) is 0 Å². The summed E-state index contributed by atoms with van der Waals surface area (Å²) in [5.41, 5.74) is 5.30. The van der Waals surface area contributed by atoms with Gasteiger partial charge in [0.2, 0.25) is 0 Å². The zero-order valence-corrected chi connectivity index (χ0v) is 13.2. The Kier molecular flexibility index (Phi) is 3.92. The Morgan fingerprint density at radius 2 is 1.61 bits per heavy atom. The monoisotopic (exact) mass is 309 g/mol. The van der Waals surface area contributed by atoms with Crippen LogP contribution in [0.5, 0.6) is 0 Å². The summed E-state index contributed by atoms with van der Waals surface area (Å²) in [5, 5.41) is 2.71. The van der Waals surface area contributed by atoms with Crippen LogP contribution in [0, 0.1) is 13.8 Å². The Balaban J connectivity index is 0.00000120. The van der Waals surface area contributed by atoms with E-state index in [2.05, 4.69) is 68.4 Å². The molecule has 18 heavy (non-hydrogen) atoms. The van der Waals surface area contributed by atoms with Crippen molar-refractivity contribution in [1.82, 2.24) is 0 Å². The molecule has 0 aromatic heterocycles. The number of hydrogen-bond acceptors (Lipinski definition) is 0. The smallest absolute Gasteiger partial charge is 0 e. The minimum Gasteiger partial charge on any atom is -0.165 e. The second-order valence-corrected chi connectivity index (χ2v) is 4.71. The Morgan fingerprint density at radius 3 is 2.33 bits per heavy atom. The zero-order chi connectivity index (χ0) is 11.8. The van der Waals surface area contributed by atoms with E-state index >= 15 is 0 Å². The molecule has 0 aliphatic carbocycles. The van der Waals surface area contributed by atoms with Crippen molar-refractivity contribution in [1.29, 1.82) is 0 Å². The number of fused-ring (bicyclic) bond motifs is 1. The fourth-order valence-corrected chi connectivity index (χ4v) is 2.48. The first-order valence-corrected chi connectivity index (χ1v) is 5.97. The Morgan fingerprint density at radius 1 is 0.889 bits per heavy atom. The number of rotatable bonds is 1. The third-order valence-corrected chi connectivity index (χ3v) is 3.20. The van der Waals surface area contributed by atoms with Gasteiger partial charge in [0.25, 0.3) is 0 Å². The molecule has 1 heteroatoms. The molecule has 0 unspecified atom stereocenters. The molecular weight excluding hydrogens is 295 g/mol. The van der Waals surface area contributed by atoms with Crippen LogP contribution in [0.4, 0.5) is 0 Å². The van der Waals surface area contributed by atoms with Crippen molar-refractivity contribution in [2.45, 2.75) is 13.8 Å². The van der Waals surface area contributed by atoms with Crippen LogP contribution in [0.15, 0.2) is 54.6 Å². The molecule has 0 N–H and O–H groups in total. The first-order valence-electron chi connectivity index (χ1n) is 5.97. The normalized spacial score (nSPS) is 10.3. The molecule has 0 amide bonds. The van der Waals surface area contributed by atoms with Gasteiger partial charge in [0.15, 0.2) is 0 Å². The van der Waals surface area contributed by atoms with Crippen LogP contribution >= 0.6 is 0 Å². The Labute approximate surface area is 127 Å². The van der Waals surface area contributed by atoms with E-state index in [4.69, 9.17) is 0 Å². The molecule has 3 aromatic rings. The quantitative estimate of drug-likeness (QED) is 0.564. The third kappa shape index (κ3) is 2.38. The molecular formula is C17H15Zr-. The van der Waals surface area contributed by atoms with E-state index in [0.29, 0.717) is 0 Å². The maximum atomic E-state index is 2.27. The summed E-state index contributed by atoms with van der Waals surface area (Å²) >= 11 is 0. The second-order valence-electron chi connectivity index (χ2n) is 4.71. The number of hydrogen-bond donors (Lipinski definition) is 0. The van der Waals surface area contributed by atoms with Crippen LogP contribution in [0.2, 0.25) is 0 Å². The van der Waals surface area contributed by atoms with Crippen LogP contribution in [0.3, 0.4) is 0 Å². The first kappa shape index (κ1) is 13.4. The molecule has 0 radical (unpaired) electrons. The van der Waals surface area contributed by atoms with Crippen molar-refractivity contribution in [3.8, 4) is 11.1 Å². The number of aryl methyl sites for hydroxylation is 2. The summed E-state index contributed by atoms with van der Waals surface area (Å²) in [4.78, 5) is 0. The molecule has 0 fully saturated rings. The predicted octanol–water partition coefficient (Wildman–Crippen LogP) is 4.84. The van der Waals surface area contributed by atoms with Gasteiger partial charge < -0.3 is 0 Å². The molecule has 0 atom stereocenters. The largest absolute Gasteiger partial charge is 0.165 e. The van der Waals surface area contributed by atoms with Crippen molar-refractivity contribution in [3.05, 3.63) is 65.7 Å². The molecule has 0 nitrogen and oxygen atoms in total. The molecule has 0 saturated carbocycles. The van der Waals surface area contributed by atoms with E-state index in [9.17, 15) is 0 Å². The van der Waals surface area contributed by atoms with Gasteiger partial charge in [0.05, 0.1) is 0 Å². The first-order chi connectivity index (χ1) is 8.24. The van der Waals surface area contributed by atoms with Crippen LogP contribution in [-0.4, -0.2) is 0 Å². The Hall–Kier alpha value is -1.07. The zero-order valence-electron chi connectivity index (χ0n) is 10.7. The van der Waals surface area contributed by atoms with Crippen LogP contribution in [0.25, 0.3) is 21.9 Å². The standard InChI is InChI=1S/C17H15.Zr/c1-12-8-15-9-13(2)11-17(15)16(10-12)14-6-4-3-5-7-14;/h3-11H,1-2H3;/q-1;. The van der Waals surface area contributed by atoms with Gasteiger partial charge in [0, 0.05) is 26.2 Å². The van der Waals surface area contributed by atoms with E-state index in [1.807, 2.05) is 0 Å². The molecule has 88 valence electrons. The molecule has 0 aliphatic rings. The van der Waals surface area contributed by atoms with Crippen molar-refractivity contribution in [3.63, 3.8) is 0 Å². The van der Waals surface area contributed by atoms with Gasteiger partial charge in [-0.2, -0.15) is 6.07 Å². The molecule has 0 bridgehead atoms. The molecule has 3 rings (SSSR count). The third-order valence-electron chi connectivity index (χ3n) is 3.20. The van der Waals surface area contributed by atoms with E-state index < -0.39 is 0 Å². The molecule has 0 aliphatic heterocycles. The maximum Gasteiger partial charge on any atom is 0 e. The number of benzene rings is 2. The molecule has 0 saturated heterocycles. The van der Waals surface area contributed by atoms with E-state index in [1.165, 1.54) is 33.0 Å². The molecule has 0 spiro atoms. The predicted molar refractivity (Wildman–Crippen MR) is 74.5 cm³/mol. The maximum absolute atomic E-state index is 2.27. The van der Waals surface area contributed by atoms with E-state index in [-0.39, 0.29) is 26.2 Å². The summed E-state index contributed by atoms with van der Waals surface area (Å²) < 4.78 is 0. The average molecular weight is 311 g/mol. The minimum absolute atomic E-state index is 0. The van der Waals surface area contributed by atoms with Crippen LogP contribution in [0.1, 0.15) is 11.1 Å². The summed E-state index contributed by atoms with van der Waals surface area (Å²) in [6.45, 7) is 4.32. The van der Waals surface area contributed by atoms with E-state index in [1.54, 1.807) is 0 Å². The fourth-order valence-electron chi connectivity index (χ4n) is 2.48. The van der Waals surface area contributed by atoms with Gasteiger partial charge in [-0.25, -0.2) is 0 Å². The fraction of sp³-hybridized carbons (Fsp3) is 0.118. The van der Waals surface area contributed by atoms with Crippen LogP contribution < -0.4 is 0 Å². The summed E-state index contributed by atoms with van der Waals surface area (Å²) in [7, 11) is 0. The van der Waals surface area contributed by atoms with Gasteiger partial charge >= 0.3 is 0 Å². The van der Waals surface area contributed by atoms with Crippen molar-refractivity contribution < 1.29 is 26.2 Å². The minimum atomic E-state index is 0. The summed E-state index contributed by atoms with van der Waals surface area (Å²) in [5.74, 6) is 0. The summed E-state index contributed by atoms with van der Waals surface area (Å²) in [6.07, 6.45) is 0. The van der Waals surface area contributed by atoms with Gasteiger partial charge in [-0.15, -0.1) is 28.5 Å². The average Bonchev–Trinajstić information content (AvgIpc) is 2.69. The topological polar surface area (TPSA) is 0 Å². The molecule has 3 aromatic carbocycles. The van der Waals surface area contributed by atoms with Crippen molar-refractivity contribution >= 4 is 10.8 Å². The van der Waals surface area contributed by atoms with Crippen LogP contribution in [-0.2, 0) is 26.2 Å². The molecule has 0 heterocycles.